The van der Waals surface area contributed by atoms with E-state index in [1.807, 2.05) is 13.8 Å². The van der Waals surface area contributed by atoms with Crippen molar-refractivity contribution in [2.75, 3.05) is 5.32 Å². The Morgan fingerprint density at radius 1 is 1.20 bits per heavy atom. The molecule has 0 radical (unpaired) electrons. The molecule has 0 saturated carbocycles. The second-order valence-electron chi connectivity index (χ2n) is 8.47. The molecule has 1 unspecified atom stereocenters. The Labute approximate surface area is 214 Å². The third kappa shape index (κ3) is 7.21. The molecular formula is C23H30N6O3S3. The van der Waals surface area contributed by atoms with Crippen LogP contribution in [0.4, 0.5) is 5.13 Å². The van der Waals surface area contributed by atoms with Crippen molar-refractivity contribution in [1.82, 2.24) is 25.0 Å². The molecule has 2 aromatic heterocycles. The average molecular weight is 535 g/mol. The zero-order valence-corrected chi connectivity index (χ0v) is 22.7. The van der Waals surface area contributed by atoms with E-state index in [0.29, 0.717) is 35.0 Å². The summed E-state index contributed by atoms with van der Waals surface area (Å²) in [5.74, 6) is 0.229. The summed E-state index contributed by atoms with van der Waals surface area (Å²) in [5.41, 5.74) is 0.978. The van der Waals surface area contributed by atoms with Crippen LogP contribution in [-0.2, 0) is 33.4 Å². The summed E-state index contributed by atoms with van der Waals surface area (Å²) in [6.45, 7) is 12.1. The molecule has 0 saturated heterocycles. The van der Waals surface area contributed by atoms with Gasteiger partial charge in [0.15, 0.2) is 15.0 Å². The Balaban J connectivity index is 1.76. The van der Waals surface area contributed by atoms with E-state index < -0.39 is 15.1 Å². The van der Waals surface area contributed by atoms with Crippen LogP contribution in [0.25, 0.3) is 0 Å². The number of aryl methyl sites for hydroxylation is 1. The lowest BCUT2D eigenvalue weighted by molar-refractivity contribution is -0.115. The molecule has 1 amide bonds. The molecule has 1 N–H and O–H groups in total. The van der Waals surface area contributed by atoms with Gasteiger partial charge in [-0.15, -0.1) is 27.0 Å². The average Bonchev–Trinajstić information content (AvgIpc) is 3.38. The first-order chi connectivity index (χ1) is 16.6. The molecule has 1 atom stereocenters. The van der Waals surface area contributed by atoms with E-state index in [-0.39, 0.29) is 16.6 Å². The third-order valence-electron chi connectivity index (χ3n) is 5.00. The fourth-order valence-corrected chi connectivity index (χ4v) is 6.40. The van der Waals surface area contributed by atoms with Crippen molar-refractivity contribution < 1.29 is 13.2 Å². The van der Waals surface area contributed by atoms with E-state index in [0.717, 1.165) is 17.0 Å². The van der Waals surface area contributed by atoms with E-state index in [9.17, 15) is 13.2 Å². The van der Waals surface area contributed by atoms with Crippen LogP contribution in [-0.4, -0.2) is 44.5 Å². The van der Waals surface area contributed by atoms with Crippen molar-refractivity contribution in [3.8, 4) is 0 Å². The molecule has 12 heteroatoms. The van der Waals surface area contributed by atoms with Gasteiger partial charge in [0.2, 0.25) is 11.0 Å². The summed E-state index contributed by atoms with van der Waals surface area (Å²) in [6.07, 6.45) is 2.98. The Morgan fingerprint density at radius 2 is 1.91 bits per heavy atom. The topological polar surface area (TPSA) is 120 Å². The molecule has 2 heterocycles. The number of aromatic nitrogens is 5. The second kappa shape index (κ2) is 11.9. The van der Waals surface area contributed by atoms with Crippen molar-refractivity contribution in [3.63, 3.8) is 0 Å². The van der Waals surface area contributed by atoms with Crippen LogP contribution in [0.2, 0.25) is 0 Å². The molecule has 9 nitrogen and oxygen atoms in total. The summed E-state index contributed by atoms with van der Waals surface area (Å²) >= 11 is 2.60. The van der Waals surface area contributed by atoms with Crippen molar-refractivity contribution in [2.24, 2.45) is 5.92 Å². The molecule has 3 aromatic rings. The number of thioether (sulfide) groups is 1. The number of sulfone groups is 1. The lowest BCUT2D eigenvalue weighted by atomic mass is 10.1. The minimum atomic E-state index is -3.62. The van der Waals surface area contributed by atoms with Crippen molar-refractivity contribution in [1.29, 1.82) is 0 Å². The number of benzene rings is 1. The first-order valence-electron chi connectivity index (χ1n) is 11.2. The molecule has 188 valence electrons. The number of nitrogens with one attached hydrogen (secondary N) is 1. The van der Waals surface area contributed by atoms with Gasteiger partial charge in [0.05, 0.1) is 10.1 Å². The predicted molar refractivity (Wildman–Crippen MR) is 139 cm³/mol. The van der Waals surface area contributed by atoms with E-state index in [4.69, 9.17) is 0 Å². The first-order valence-corrected chi connectivity index (χ1v) is 14.6. The molecule has 0 fully saturated rings. The van der Waals surface area contributed by atoms with Gasteiger partial charge in [-0.25, -0.2) is 8.42 Å². The van der Waals surface area contributed by atoms with Crippen LogP contribution in [0.3, 0.4) is 0 Å². The van der Waals surface area contributed by atoms with Gasteiger partial charge in [-0.3, -0.25) is 10.1 Å². The van der Waals surface area contributed by atoms with Crippen LogP contribution in [0.15, 0.2) is 47.0 Å². The van der Waals surface area contributed by atoms with E-state index in [1.54, 1.807) is 34.9 Å². The standard InChI is InChI=1S/C23H30N6O3S3/c1-6-12-29-19(14-35(31,32)17-10-8-16(5)9-11-17)25-28-23(29)33-18(7-2)21(30)24-22-27-26-20(34-22)13-15(3)4/h6,8-11,15,18H,1,7,12-14H2,2-5H3,(H,24,27,30). The minimum absolute atomic E-state index is 0.216. The highest BCUT2D eigenvalue weighted by Crippen LogP contribution is 2.28. The van der Waals surface area contributed by atoms with Gasteiger partial charge < -0.3 is 4.57 Å². The highest BCUT2D eigenvalue weighted by Gasteiger charge is 2.26. The number of carbonyl (C=O) groups is 1. The van der Waals surface area contributed by atoms with Crippen molar-refractivity contribution in [3.05, 3.63) is 53.3 Å². The molecule has 0 aliphatic rings. The van der Waals surface area contributed by atoms with Gasteiger partial charge in [0, 0.05) is 13.0 Å². The molecule has 35 heavy (non-hydrogen) atoms. The Bertz CT molecular complexity index is 1270. The third-order valence-corrected chi connectivity index (χ3v) is 8.83. The normalized spacial score (nSPS) is 12.6. The SMILES string of the molecule is C=CCn1c(CS(=O)(=O)c2ccc(C)cc2)nnc1SC(CC)C(=O)Nc1nnc(CC(C)C)s1. The summed E-state index contributed by atoms with van der Waals surface area (Å²) in [7, 11) is -3.62. The largest absolute Gasteiger partial charge is 0.301 e. The van der Waals surface area contributed by atoms with Gasteiger partial charge in [0.1, 0.15) is 16.6 Å². The summed E-state index contributed by atoms with van der Waals surface area (Å²) < 4.78 is 27.6. The fraction of sp³-hybridized carbons (Fsp3) is 0.435. The maximum absolute atomic E-state index is 12.9. The summed E-state index contributed by atoms with van der Waals surface area (Å²) in [5, 5.41) is 20.7. The monoisotopic (exact) mass is 534 g/mol. The van der Waals surface area contributed by atoms with Gasteiger partial charge >= 0.3 is 0 Å². The van der Waals surface area contributed by atoms with Gasteiger partial charge in [-0.2, -0.15) is 0 Å². The van der Waals surface area contributed by atoms with Gasteiger partial charge in [-0.05, 0) is 31.4 Å². The molecule has 1 aromatic carbocycles. The molecule has 0 aliphatic carbocycles. The molecule has 3 rings (SSSR count). The van der Waals surface area contributed by atoms with Gasteiger partial charge in [0.25, 0.3) is 0 Å². The number of allylic oxidation sites excluding steroid dienone is 1. The zero-order chi connectivity index (χ0) is 25.6. The first kappa shape index (κ1) is 27.0. The molecule has 0 aliphatic heterocycles. The van der Waals surface area contributed by atoms with Crippen molar-refractivity contribution in [2.45, 2.75) is 68.1 Å². The number of rotatable bonds is 12. The highest BCUT2D eigenvalue weighted by atomic mass is 32.2. The molecule has 0 spiro atoms. The number of amides is 1. The number of anilines is 1. The molecular weight excluding hydrogens is 504 g/mol. The number of carbonyl (C=O) groups excluding carboxylic acids is 1. The maximum atomic E-state index is 12.9. The Hall–Kier alpha value is -2.57. The van der Waals surface area contributed by atoms with E-state index in [1.165, 1.54) is 23.1 Å². The molecule has 0 bridgehead atoms. The summed E-state index contributed by atoms with van der Waals surface area (Å²) in [6, 6.07) is 6.70. The van der Waals surface area contributed by atoms with Crippen LogP contribution in [0, 0.1) is 12.8 Å². The number of hydrogen-bond donors (Lipinski definition) is 1. The fourth-order valence-electron chi connectivity index (χ4n) is 3.20. The Kier molecular flexibility index (Phi) is 9.20. The lowest BCUT2D eigenvalue weighted by Gasteiger charge is -2.14. The maximum Gasteiger partial charge on any atom is 0.239 e. The quantitative estimate of drug-likeness (QED) is 0.270. The van der Waals surface area contributed by atoms with Crippen LogP contribution < -0.4 is 5.32 Å². The van der Waals surface area contributed by atoms with Crippen LogP contribution >= 0.6 is 23.1 Å². The zero-order valence-electron chi connectivity index (χ0n) is 20.3. The van der Waals surface area contributed by atoms with Crippen molar-refractivity contribution >= 4 is 44.0 Å². The smallest absolute Gasteiger partial charge is 0.239 e. The number of nitrogens with zero attached hydrogens (tertiary/aromatic N) is 5. The minimum Gasteiger partial charge on any atom is -0.301 e. The second-order valence-corrected chi connectivity index (χ2v) is 12.7. The van der Waals surface area contributed by atoms with E-state index in [2.05, 4.69) is 46.1 Å². The van der Waals surface area contributed by atoms with Crippen LogP contribution in [0.5, 0.6) is 0 Å². The Morgan fingerprint density at radius 3 is 2.54 bits per heavy atom. The highest BCUT2D eigenvalue weighted by molar-refractivity contribution is 8.00. The summed E-state index contributed by atoms with van der Waals surface area (Å²) in [4.78, 5) is 13.2. The predicted octanol–water partition coefficient (Wildman–Crippen LogP) is 4.31. The van der Waals surface area contributed by atoms with E-state index >= 15 is 0 Å². The lowest BCUT2D eigenvalue weighted by Crippen LogP contribution is -2.25. The van der Waals surface area contributed by atoms with Crippen LogP contribution in [0.1, 0.15) is 43.6 Å². The van der Waals surface area contributed by atoms with Gasteiger partial charge in [-0.1, -0.05) is 67.6 Å². The number of hydrogen-bond acceptors (Lipinski definition) is 9.